The maximum Gasteiger partial charge on any atom is 0.0639 e. The fraction of sp³-hybridized carbons (Fsp3) is 1.00. The Bertz CT molecular complexity index is 305. The summed E-state index contributed by atoms with van der Waals surface area (Å²) in [4.78, 5) is 0. The summed E-state index contributed by atoms with van der Waals surface area (Å²) in [5, 5.41) is 11.0. The molecule has 104 valence electrons. The van der Waals surface area contributed by atoms with E-state index in [1.165, 1.54) is 51.4 Å². The van der Waals surface area contributed by atoms with Gasteiger partial charge in [0.15, 0.2) is 0 Å². The Balaban J connectivity index is 1.75. The number of nitrogens with two attached hydrogens (primary N) is 1. The fourth-order valence-electron chi connectivity index (χ4n) is 5.46. The van der Waals surface area contributed by atoms with Gasteiger partial charge in [-0.05, 0) is 55.8 Å². The molecule has 0 saturated heterocycles. The lowest BCUT2D eigenvalue weighted by molar-refractivity contribution is -0.0617. The fourth-order valence-corrected chi connectivity index (χ4v) is 5.46. The molecule has 3 fully saturated rings. The lowest BCUT2D eigenvalue weighted by Crippen LogP contribution is -2.50. The summed E-state index contributed by atoms with van der Waals surface area (Å²) in [6.07, 6.45) is 10.2. The predicted molar refractivity (Wildman–Crippen MR) is 74.1 cm³/mol. The first-order valence-corrected chi connectivity index (χ1v) is 8.04. The minimum absolute atomic E-state index is 0.0879. The minimum atomic E-state index is -0.124. The summed E-state index contributed by atoms with van der Waals surface area (Å²) in [7, 11) is 0. The van der Waals surface area contributed by atoms with Crippen LogP contribution in [0.5, 0.6) is 0 Å². The monoisotopic (exact) mass is 251 g/mol. The lowest BCUT2D eigenvalue weighted by Gasteiger charge is -2.45. The lowest BCUT2D eigenvalue weighted by atomic mass is 9.63. The van der Waals surface area contributed by atoms with Gasteiger partial charge in [-0.1, -0.05) is 26.2 Å². The van der Waals surface area contributed by atoms with Crippen LogP contribution in [0, 0.1) is 29.1 Å². The normalized spacial score (nSPS) is 49.5. The third-order valence-corrected chi connectivity index (χ3v) is 6.42. The van der Waals surface area contributed by atoms with Gasteiger partial charge >= 0.3 is 0 Å². The van der Waals surface area contributed by atoms with Crippen molar-refractivity contribution in [1.29, 1.82) is 0 Å². The van der Waals surface area contributed by atoms with Crippen molar-refractivity contribution in [2.75, 3.05) is 6.54 Å². The third-order valence-electron chi connectivity index (χ3n) is 6.42. The van der Waals surface area contributed by atoms with E-state index in [0.29, 0.717) is 12.5 Å². The Morgan fingerprint density at radius 3 is 2.61 bits per heavy atom. The molecular weight excluding hydrogens is 222 g/mol. The summed E-state index contributed by atoms with van der Waals surface area (Å²) in [5.41, 5.74) is 6.23. The SMILES string of the molecule is CC1CCCC(C(O)C2(CN)CC3CCC2C3)C1. The molecule has 0 aliphatic heterocycles. The molecular formula is C16H29NO. The van der Waals surface area contributed by atoms with Gasteiger partial charge in [0.1, 0.15) is 0 Å². The highest BCUT2D eigenvalue weighted by Gasteiger charge is 2.55. The molecule has 6 atom stereocenters. The molecule has 0 heterocycles. The molecule has 18 heavy (non-hydrogen) atoms. The molecule has 2 heteroatoms. The van der Waals surface area contributed by atoms with Gasteiger partial charge in [0.2, 0.25) is 0 Å². The van der Waals surface area contributed by atoms with E-state index >= 15 is 0 Å². The summed E-state index contributed by atoms with van der Waals surface area (Å²) in [5.74, 6) is 2.91. The van der Waals surface area contributed by atoms with Crippen LogP contribution >= 0.6 is 0 Å². The average molecular weight is 251 g/mol. The van der Waals surface area contributed by atoms with E-state index in [4.69, 9.17) is 5.73 Å². The van der Waals surface area contributed by atoms with Crippen LogP contribution in [0.1, 0.15) is 58.3 Å². The summed E-state index contributed by atoms with van der Waals surface area (Å²) < 4.78 is 0. The number of hydrogen-bond donors (Lipinski definition) is 2. The van der Waals surface area contributed by atoms with E-state index in [9.17, 15) is 5.11 Å². The molecule has 0 amide bonds. The van der Waals surface area contributed by atoms with Crippen molar-refractivity contribution in [3.63, 3.8) is 0 Å². The van der Waals surface area contributed by atoms with Gasteiger partial charge in [0.05, 0.1) is 6.10 Å². The molecule has 3 aliphatic carbocycles. The van der Waals surface area contributed by atoms with Crippen LogP contribution in [0.4, 0.5) is 0 Å². The maximum atomic E-state index is 11.0. The van der Waals surface area contributed by atoms with Crippen molar-refractivity contribution in [2.45, 2.75) is 64.4 Å². The first-order valence-electron chi connectivity index (χ1n) is 8.04. The van der Waals surface area contributed by atoms with E-state index in [2.05, 4.69) is 6.92 Å². The average Bonchev–Trinajstić information content (AvgIpc) is 2.98. The highest BCUT2D eigenvalue weighted by atomic mass is 16.3. The van der Waals surface area contributed by atoms with E-state index in [-0.39, 0.29) is 11.5 Å². The molecule has 0 aromatic rings. The van der Waals surface area contributed by atoms with Crippen LogP contribution < -0.4 is 5.73 Å². The van der Waals surface area contributed by atoms with Crippen molar-refractivity contribution in [3.05, 3.63) is 0 Å². The van der Waals surface area contributed by atoms with Gasteiger partial charge in [-0.2, -0.15) is 0 Å². The Morgan fingerprint density at radius 2 is 2.06 bits per heavy atom. The summed E-state index contributed by atoms with van der Waals surface area (Å²) >= 11 is 0. The smallest absolute Gasteiger partial charge is 0.0639 e. The minimum Gasteiger partial charge on any atom is -0.392 e. The number of aliphatic hydroxyl groups excluding tert-OH is 1. The molecule has 0 radical (unpaired) electrons. The Labute approximate surface area is 111 Å². The third kappa shape index (κ3) is 1.92. The van der Waals surface area contributed by atoms with Crippen LogP contribution in [0.15, 0.2) is 0 Å². The largest absolute Gasteiger partial charge is 0.392 e. The van der Waals surface area contributed by atoms with Crippen molar-refractivity contribution in [1.82, 2.24) is 0 Å². The first-order chi connectivity index (χ1) is 8.65. The summed E-state index contributed by atoms with van der Waals surface area (Å²) in [6, 6.07) is 0. The van der Waals surface area contributed by atoms with Gasteiger partial charge in [-0.25, -0.2) is 0 Å². The molecule has 6 unspecified atom stereocenters. The van der Waals surface area contributed by atoms with Crippen LogP contribution in [0.25, 0.3) is 0 Å². The number of aliphatic hydroxyl groups is 1. The molecule has 0 spiro atoms. The van der Waals surface area contributed by atoms with Crippen LogP contribution in [-0.2, 0) is 0 Å². The number of fused-ring (bicyclic) bond motifs is 2. The second-order valence-electron chi connectivity index (χ2n) is 7.49. The van der Waals surface area contributed by atoms with Crippen LogP contribution in [0.3, 0.4) is 0 Å². The molecule has 3 rings (SSSR count). The van der Waals surface area contributed by atoms with Crippen molar-refractivity contribution < 1.29 is 5.11 Å². The maximum absolute atomic E-state index is 11.0. The zero-order chi connectivity index (χ0) is 12.8. The second kappa shape index (κ2) is 4.79. The Morgan fingerprint density at radius 1 is 1.22 bits per heavy atom. The van der Waals surface area contributed by atoms with Gasteiger partial charge in [0.25, 0.3) is 0 Å². The second-order valence-corrected chi connectivity index (χ2v) is 7.49. The molecule has 2 nitrogen and oxygen atoms in total. The van der Waals surface area contributed by atoms with Crippen molar-refractivity contribution in [3.8, 4) is 0 Å². The van der Waals surface area contributed by atoms with Crippen LogP contribution in [0.2, 0.25) is 0 Å². The molecule has 2 bridgehead atoms. The van der Waals surface area contributed by atoms with E-state index in [1.54, 1.807) is 0 Å². The topological polar surface area (TPSA) is 46.2 Å². The molecule has 3 N–H and O–H groups in total. The number of hydrogen-bond acceptors (Lipinski definition) is 2. The first kappa shape index (κ1) is 12.9. The highest BCUT2D eigenvalue weighted by Crippen LogP contribution is 2.58. The van der Waals surface area contributed by atoms with E-state index in [0.717, 1.165) is 17.8 Å². The molecule has 0 aromatic carbocycles. The van der Waals surface area contributed by atoms with Crippen molar-refractivity contribution in [2.24, 2.45) is 34.8 Å². The van der Waals surface area contributed by atoms with Gasteiger partial charge in [-0.3, -0.25) is 0 Å². The van der Waals surface area contributed by atoms with E-state index < -0.39 is 0 Å². The Kier molecular flexibility index (Phi) is 3.44. The van der Waals surface area contributed by atoms with Crippen molar-refractivity contribution >= 4 is 0 Å². The zero-order valence-corrected chi connectivity index (χ0v) is 11.8. The quantitative estimate of drug-likeness (QED) is 0.810. The molecule has 3 aliphatic rings. The van der Waals surface area contributed by atoms with Crippen LogP contribution in [-0.4, -0.2) is 17.8 Å². The number of rotatable bonds is 3. The molecule has 0 aromatic heterocycles. The van der Waals surface area contributed by atoms with E-state index in [1.807, 2.05) is 0 Å². The Hall–Kier alpha value is -0.0800. The summed E-state index contributed by atoms with van der Waals surface area (Å²) in [6.45, 7) is 3.05. The standard InChI is InChI=1S/C16H29NO/c1-11-3-2-4-13(7-11)15(18)16(10-17)9-12-5-6-14(16)8-12/h11-15,18H,2-10,17H2,1H3. The van der Waals surface area contributed by atoms with Gasteiger partial charge in [0, 0.05) is 12.0 Å². The molecule has 3 saturated carbocycles. The highest BCUT2D eigenvalue weighted by molar-refractivity contribution is 5.06. The zero-order valence-electron chi connectivity index (χ0n) is 11.8. The predicted octanol–water partition coefficient (Wildman–Crippen LogP) is 2.94. The van der Waals surface area contributed by atoms with Gasteiger partial charge < -0.3 is 10.8 Å². The van der Waals surface area contributed by atoms with Gasteiger partial charge in [-0.15, -0.1) is 0 Å².